The van der Waals surface area contributed by atoms with E-state index in [4.69, 9.17) is 0 Å². The van der Waals surface area contributed by atoms with E-state index in [1.54, 1.807) is 0 Å². The molecule has 1 fully saturated rings. The van der Waals surface area contributed by atoms with Gasteiger partial charge in [0.15, 0.2) is 0 Å². The van der Waals surface area contributed by atoms with Crippen molar-refractivity contribution in [3.8, 4) is 5.75 Å². The van der Waals surface area contributed by atoms with E-state index in [1.165, 1.54) is 43.4 Å². The molecule has 110 valence electrons. The van der Waals surface area contributed by atoms with Gasteiger partial charge in [0.1, 0.15) is 5.75 Å². The van der Waals surface area contributed by atoms with Gasteiger partial charge in [-0.15, -0.1) is 0 Å². The molecule has 1 aromatic rings. The van der Waals surface area contributed by atoms with Gasteiger partial charge in [0.2, 0.25) is 0 Å². The minimum atomic E-state index is 0.291. The van der Waals surface area contributed by atoms with Crippen LogP contribution in [-0.4, -0.2) is 29.6 Å². The summed E-state index contributed by atoms with van der Waals surface area (Å²) in [4.78, 5) is 2.55. The fraction of sp³-hybridized carbons (Fsp3) is 0.667. The van der Waals surface area contributed by atoms with Crippen LogP contribution in [0.1, 0.15) is 50.7 Å². The van der Waals surface area contributed by atoms with Crippen LogP contribution in [0, 0.1) is 5.92 Å². The number of phenols is 1. The number of phenolic OH excluding ortho intramolecular Hbond substituents is 1. The van der Waals surface area contributed by atoms with Crippen LogP contribution < -0.4 is 0 Å². The molecule has 1 aliphatic heterocycles. The van der Waals surface area contributed by atoms with Gasteiger partial charge in [-0.2, -0.15) is 0 Å². The Balaban J connectivity index is 2.10. The van der Waals surface area contributed by atoms with Crippen molar-refractivity contribution in [1.29, 1.82) is 0 Å². The highest BCUT2D eigenvalue weighted by Gasteiger charge is 2.49. The number of piperidine rings is 1. The minimum absolute atomic E-state index is 0.291. The highest BCUT2D eigenvalue weighted by atomic mass is 16.3. The smallest absolute Gasteiger partial charge is 0.115 e. The fourth-order valence-corrected chi connectivity index (χ4v) is 4.64. The third kappa shape index (κ3) is 1.96. The van der Waals surface area contributed by atoms with Crippen molar-refractivity contribution in [3.63, 3.8) is 0 Å². The van der Waals surface area contributed by atoms with Crippen molar-refractivity contribution in [2.75, 3.05) is 13.6 Å². The molecule has 0 aromatic heterocycles. The molecule has 3 atom stereocenters. The number of rotatable bonds is 3. The van der Waals surface area contributed by atoms with E-state index in [1.807, 2.05) is 6.07 Å². The largest absolute Gasteiger partial charge is 0.508 e. The maximum Gasteiger partial charge on any atom is 0.115 e. The summed E-state index contributed by atoms with van der Waals surface area (Å²) in [5.74, 6) is 1.12. The van der Waals surface area contributed by atoms with Gasteiger partial charge in [-0.1, -0.05) is 32.8 Å². The van der Waals surface area contributed by atoms with Gasteiger partial charge in [-0.05, 0) is 62.0 Å². The molecule has 20 heavy (non-hydrogen) atoms. The fourth-order valence-electron chi connectivity index (χ4n) is 4.64. The molecular weight excluding hydrogens is 246 g/mol. The molecule has 1 heterocycles. The second-order valence-electron chi connectivity index (χ2n) is 6.89. The van der Waals surface area contributed by atoms with E-state index in [2.05, 4.69) is 37.9 Å². The summed E-state index contributed by atoms with van der Waals surface area (Å²) in [6.07, 6.45) is 6.18. The Hall–Kier alpha value is -1.02. The van der Waals surface area contributed by atoms with Gasteiger partial charge in [-0.3, -0.25) is 0 Å². The zero-order valence-corrected chi connectivity index (χ0v) is 13.0. The molecule has 3 rings (SSSR count). The molecule has 1 aromatic carbocycles. The number of nitrogens with zero attached hydrogens (tertiary/aromatic N) is 1. The van der Waals surface area contributed by atoms with Crippen LogP contribution >= 0.6 is 0 Å². The quantitative estimate of drug-likeness (QED) is 0.907. The minimum Gasteiger partial charge on any atom is -0.508 e. The summed E-state index contributed by atoms with van der Waals surface area (Å²) in [6, 6.07) is 6.74. The van der Waals surface area contributed by atoms with E-state index in [0.717, 1.165) is 6.42 Å². The molecule has 2 aliphatic rings. The lowest BCUT2D eigenvalue weighted by Crippen LogP contribution is -2.57. The van der Waals surface area contributed by atoms with Crippen LogP contribution in [-0.2, 0) is 11.8 Å². The summed E-state index contributed by atoms with van der Waals surface area (Å²) in [5.41, 5.74) is 3.20. The van der Waals surface area contributed by atoms with E-state index in [-0.39, 0.29) is 0 Å². The molecule has 1 aliphatic carbocycles. The number of fused-ring (bicyclic) bond motifs is 4. The molecule has 2 bridgehead atoms. The van der Waals surface area contributed by atoms with Crippen molar-refractivity contribution in [2.45, 2.75) is 57.4 Å². The predicted molar refractivity (Wildman–Crippen MR) is 83.2 cm³/mol. The second kappa shape index (κ2) is 5.07. The van der Waals surface area contributed by atoms with Gasteiger partial charge in [0.25, 0.3) is 0 Å². The maximum absolute atomic E-state index is 9.95. The molecule has 0 amide bonds. The zero-order chi connectivity index (χ0) is 14.3. The molecule has 0 saturated carbocycles. The molecule has 0 radical (unpaired) electrons. The highest BCUT2D eigenvalue weighted by Crippen LogP contribution is 2.51. The summed E-state index contributed by atoms with van der Waals surface area (Å²) in [5, 5.41) is 9.95. The topological polar surface area (TPSA) is 23.5 Å². The maximum atomic E-state index is 9.95. The molecule has 0 spiro atoms. The Labute approximate surface area is 122 Å². The van der Waals surface area contributed by atoms with Crippen LogP contribution in [0.15, 0.2) is 18.2 Å². The van der Waals surface area contributed by atoms with Crippen LogP contribution in [0.2, 0.25) is 0 Å². The van der Waals surface area contributed by atoms with Crippen molar-refractivity contribution >= 4 is 0 Å². The monoisotopic (exact) mass is 273 g/mol. The first kappa shape index (κ1) is 13.9. The summed E-state index contributed by atoms with van der Waals surface area (Å²) in [7, 11) is 2.27. The van der Waals surface area contributed by atoms with E-state index >= 15 is 0 Å². The third-order valence-corrected chi connectivity index (χ3v) is 5.96. The summed E-state index contributed by atoms with van der Waals surface area (Å²) < 4.78 is 0. The number of benzene rings is 1. The summed E-state index contributed by atoms with van der Waals surface area (Å²) >= 11 is 0. The molecule has 1 saturated heterocycles. The first-order valence-corrected chi connectivity index (χ1v) is 8.11. The van der Waals surface area contributed by atoms with E-state index in [9.17, 15) is 5.11 Å². The van der Waals surface area contributed by atoms with Gasteiger partial charge >= 0.3 is 0 Å². The van der Waals surface area contributed by atoms with Crippen LogP contribution in [0.25, 0.3) is 0 Å². The highest BCUT2D eigenvalue weighted by molar-refractivity contribution is 5.44. The van der Waals surface area contributed by atoms with Gasteiger partial charge in [0, 0.05) is 11.5 Å². The van der Waals surface area contributed by atoms with E-state index in [0.29, 0.717) is 23.1 Å². The number of hydrogen-bond donors (Lipinski definition) is 1. The Morgan fingerprint density at radius 2 is 2.20 bits per heavy atom. The van der Waals surface area contributed by atoms with Crippen molar-refractivity contribution < 1.29 is 5.11 Å². The van der Waals surface area contributed by atoms with Gasteiger partial charge in [0.05, 0.1) is 0 Å². The van der Waals surface area contributed by atoms with Crippen molar-refractivity contribution in [3.05, 3.63) is 29.3 Å². The normalized spacial score (nSPS) is 33.0. The summed E-state index contributed by atoms with van der Waals surface area (Å²) in [6.45, 7) is 5.90. The first-order chi connectivity index (χ1) is 9.58. The standard InChI is InChI=1S/C18H27NO/c1-4-5-8-18-9-10-19(3)17(13(18)2)11-14-6-7-15(20)12-16(14)18/h6-7,12-13,17,20H,4-5,8-11H2,1-3H3/t13?,17-,18-/m0/s1. The molecule has 2 nitrogen and oxygen atoms in total. The Bertz CT molecular complexity index is 494. The molecule has 1 unspecified atom stereocenters. The van der Waals surface area contributed by atoms with Crippen LogP contribution in [0.3, 0.4) is 0 Å². The number of aromatic hydroxyl groups is 1. The number of likely N-dealkylation sites (N-methyl/N-ethyl adjacent to an activating group) is 1. The number of likely N-dealkylation sites (tertiary alicyclic amines) is 1. The molecular formula is C18H27NO. The second-order valence-corrected chi connectivity index (χ2v) is 6.89. The Kier molecular flexibility index (Phi) is 3.53. The van der Waals surface area contributed by atoms with Crippen LogP contribution in [0.5, 0.6) is 5.75 Å². The van der Waals surface area contributed by atoms with Crippen molar-refractivity contribution in [1.82, 2.24) is 4.90 Å². The number of hydrogen-bond acceptors (Lipinski definition) is 2. The van der Waals surface area contributed by atoms with Crippen LogP contribution in [0.4, 0.5) is 0 Å². The Morgan fingerprint density at radius 3 is 2.95 bits per heavy atom. The number of unbranched alkanes of at least 4 members (excludes halogenated alkanes) is 1. The SMILES string of the molecule is CCCC[C@@]12CCN(C)[C@@H](Cc3ccc(O)cc31)C2C. The first-order valence-electron chi connectivity index (χ1n) is 8.11. The molecule has 1 N–H and O–H groups in total. The average molecular weight is 273 g/mol. The van der Waals surface area contributed by atoms with E-state index < -0.39 is 0 Å². The zero-order valence-electron chi connectivity index (χ0n) is 13.0. The average Bonchev–Trinajstić information content (AvgIpc) is 2.43. The molecule has 2 heteroatoms. The lowest BCUT2D eigenvalue weighted by molar-refractivity contribution is 0.0346. The Morgan fingerprint density at radius 1 is 1.40 bits per heavy atom. The van der Waals surface area contributed by atoms with Gasteiger partial charge in [-0.25, -0.2) is 0 Å². The van der Waals surface area contributed by atoms with Gasteiger partial charge < -0.3 is 10.0 Å². The third-order valence-electron chi connectivity index (χ3n) is 5.96. The lowest BCUT2D eigenvalue weighted by atomic mass is 9.56. The van der Waals surface area contributed by atoms with Crippen molar-refractivity contribution in [2.24, 2.45) is 5.92 Å². The predicted octanol–water partition coefficient (Wildman–Crippen LogP) is 3.72. The lowest BCUT2D eigenvalue weighted by Gasteiger charge is -2.55.